The van der Waals surface area contributed by atoms with Gasteiger partial charge in [-0.25, -0.2) is 0 Å². The summed E-state index contributed by atoms with van der Waals surface area (Å²) in [6.07, 6.45) is 0. The first-order valence-electron chi connectivity index (χ1n) is 2.20. The number of hydrogen-bond acceptors (Lipinski definition) is 2. The van der Waals surface area contributed by atoms with Crippen LogP contribution < -0.4 is 12.3 Å². The molecule has 1 rings (SSSR count). The van der Waals surface area contributed by atoms with Crippen LogP contribution in [0.5, 0.6) is 0 Å². The Morgan fingerprint density at radius 2 is 0.900 bits per heavy atom. The predicted octanol–water partition coefficient (Wildman–Crippen LogP) is 3.32. The second-order valence-electron chi connectivity index (χ2n) is 1.44. The molecule has 0 aliphatic carbocycles. The van der Waals surface area contributed by atoms with E-state index in [-0.39, 0.29) is 12.3 Å². The van der Waals surface area contributed by atoms with Gasteiger partial charge in [0.2, 0.25) is 0 Å². The van der Waals surface area contributed by atoms with Crippen LogP contribution >= 0.6 is 23.2 Å². The lowest BCUT2D eigenvalue weighted by Gasteiger charge is -1.86. The zero-order chi connectivity index (χ0) is 5.98. The first kappa shape index (κ1) is 12.4. The van der Waals surface area contributed by atoms with Crippen molar-refractivity contribution in [1.29, 1.82) is 0 Å². The van der Waals surface area contributed by atoms with Crippen molar-refractivity contribution in [1.82, 2.24) is 12.3 Å². The van der Waals surface area contributed by atoms with Gasteiger partial charge >= 0.3 is 0 Å². The van der Waals surface area contributed by atoms with Crippen LogP contribution in [0.3, 0.4) is 0 Å². The molecule has 0 aliphatic rings. The zero-order valence-corrected chi connectivity index (χ0v) is 6.99. The van der Waals surface area contributed by atoms with Crippen LogP contribution in [0.4, 0.5) is 0 Å². The van der Waals surface area contributed by atoms with Gasteiger partial charge in [0.1, 0.15) is 0 Å². The van der Waals surface area contributed by atoms with Gasteiger partial charge in [0, 0.05) is 10.0 Å². The Morgan fingerprint density at radius 1 is 0.700 bits per heavy atom. The molecule has 0 spiro atoms. The SMILES string of the molecule is Clc1ccc(Cl)cc1.N.N. The largest absolute Gasteiger partial charge is 0.344 e. The lowest BCUT2D eigenvalue weighted by Crippen LogP contribution is -1.60. The van der Waals surface area contributed by atoms with E-state index in [4.69, 9.17) is 23.2 Å². The molecular weight excluding hydrogens is 171 g/mol. The fraction of sp³-hybridized carbons (Fsp3) is 0. The zero-order valence-electron chi connectivity index (χ0n) is 5.48. The van der Waals surface area contributed by atoms with Gasteiger partial charge in [-0.15, -0.1) is 0 Å². The minimum Gasteiger partial charge on any atom is -0.344 e. The minimum absolute atomic E-state index is 0. The van der Waals surface area contributed by atoms with Crippen molar-refractivity contribution in [2.75, 3.05) is 0 Å². The Balaban J connectivity index is 0. The molecule has 2 nitrogen and oxygen atoms in total. The molecule has 0 unspecified atom stereocenters. The van der Waals surface area contributed by atoms with Crippen LogP contribution in [0.2, 0.25) is 10.0 Å². The summed E-state index contributed by atoms with van der Waals surface area (Å²) in [4.78, 5) is 0. The molecular formula is C6H10Cl2N2. The van der Waals surface area contributed by atoms with E-state index in [1.807, 2.05) is 0 Å². The maximum absolute atomic E-state index is 5.55. The van der Waals surface area contributed by atoms with Gasteiger partial charge in [0.25, 0.3) is 0 Å². The fourth-order valence-electron chi connectivity index (χ4n) is 0.430. The molecule has 58 valence electrons. The van der Waals surface area contributed by atoms with Crippen LogP contribution in [0, 0.1) is 0 Å². The van der Waals surface area contributed by atoms with Crippen molar-refractivity contribution in [3.63, 3.8) is 0 Å². The monoisotopic (exact) mass is 180 g/mol. The van der Waals surface area contributed by atoms with E-state index in [0.29, 0.717) is 0 Å². The van der Waals surface area contributed by atoms with Gasteiger partial charge in [-0.2, -0.15) is 0 Å². The van der Waals surface area contributed by atoms with Crippen LogP contribution in [-0.4, -0.2) is 0 Å². The van der Waals surface area contributed by atoms with Crippen molar-refractivity contribution in [2.45, 2.75) is 0 Å². The van der Waals surface area contributed by atoms with Crippen molar-refractivity contribution < 1.29 is 0 Å². The van der Waals surface area contributed by atoms with E-state index in [1.54, 1.807) is 24.3 Å². The standard InChI is InChI=1S/C6H4Cl2.2H3N/c7-5-1-2-6(8)4-3-5;;/h1-4H;2*1H3. The highest BCUT2D eigenvalue weighted by Crippen LogP contribution is 2.12. The second kappa shape index (κ2) is 5.50. The Hall–Kier alpha value is -0.280. The Bertz CT molecular complexity index is 153. The lowest BCUT2D eigenvalue weighted by molar-refractivity contribution is 1.71. The molecule has 0 radical (unpaired) electrons. The number of benzene rings is 1. The first-order valence-corrected chi connectivity index (χ1v) is 2.96. The van der Waals surface area contributed by atoms with Gasteiger partial charge in [0.15, 0.2) is 0 Å². The molecule has 10 heavy (non-hydrogen) atoms. The summed E-state index contributed by atoms with van der Waals surface area (Å²) in [5.41, 5.74) is 0. The molecule has 1 aromatic carbocycles. The molecule has 0 bridgehead atoms. The molecule has 1 aromatic rings. The summed E-state index contributed by atoms with van der Waals surface area (Å²) in [6.45, 7) is 0. The summed E-state index contributed by atoms with van der Waals surface area (Å²) < 4.78 is 0. The van der Waals surface area contributed by atoms with E-state index < -0.39 is 0 Å². The van der Waals surface area contributed by atoms with Crippen molar-refractivity contribution >= 4 is 23.2 Å². The highest BCUT2D eigenvalue weighted by molar-refractivity contribution is 6.32. The van der Waals surface area contributed by atoms with Gasteiger partial charge in [-0.1, -0.05) is 23.2 Å². The number of halogens is 2. The number of hydrogen-bond donors (Lipinski definition) is 2. The summed E-state index contributed by atoms with van der Waals surface area (Å²) in [5, 5.41) is 1.43. The Kier molecular flexibility index (Phi) is 6.82. The maximum Gasteiger partial charge on any atom is 0.0407 e. The van der Waals surface area contributed by atoms with E-state index >= 15 is 0 Å². The van der Waals surface area contributed by atoms with Crippen molar-refractivity contribution in [3.05, 3.63) is 34.3 Å². The summed E-state index contributed by atoms with van der Waals surface area (Å²) in [6, 6.07) is 7.02. The molecule has 0 saturated heterocycles. The summed E-state index contributed by atoms with van der Waals surface area (Å²) >= 11 is 11.1. The molecule has 0 heterocycles. The molecule has 6 N–H and O–H groups in total. The molecule has 0 saturated carbocycles. The normalized spacial score (nSPS) is 7.40. The second-order valence-corrected chi connectivity index (χ2v) is 2.31. The van der Waals surface area contributed by atoms with Gasteiger partial charge in [-0.05, 0) is 24.3 Å². The fourth-order valence-corrected chi connectivity index (χ4v) is 0.682. The summed E-state index contributed by atoms with van der Waals surface area (Å²) in [7, 11) is 0. The molecule has 0 aromatic heterocycles. The van der Waals surface area contributed by atoms with Gasteiger partial charge in [-0.3, -0.25) is 0 Å². The van der Waals surface area contributed by atoms with Crippen LogP contribution in [0.15, 0.2) is 24.3 Å². The first-order chi connectivity index (χ1) is 3.79. The van der Waals surface area contributed by atoms with Gasteiger partial charge in [0.05, 0.1) is 0 Å². The molecule has 4 heteroatoms. The Morgan fingerprint density at radius 3 is 1.10 bits per heavy atom. The van der Waals surface area contributed by atoms with Crippen LogP contribution in [0.25, 0.3) is 0 Å². The smallest absolute Gasteiger partial charge is 0.0407 e. The lowest BCUT2D eigenvalue weighted by atomic mass is 10.4. The minimum atomic E-state index is 0. The Labute approximate surface area is 70.3 Å². The topological polar surface area (TPSA) is 70.0 Å². The highest BCUT2D eigenvalue weighted by Gasteiger charge is 1.83. The third-order valence-electron chi connectivity index (χ3n) is 0.804. The van der Waals surface area contributed by atoms with Crippen LogP contribution in [-0.2, 0) is 0 Å². The van der Waals surface area contributed by atoms with Crippen molar-refractivity contribution in [3.8, 4) is 0 Å². The highest BCUT2D eigenvalue weighted by atomic mass is 35.5. The summed E-state index contributed by atoms with van der Waals surface area (Å²) in [5.74, 6) is 0. The van der Waals surface area contributed by atoms with E-state index in [1.165, 1.54) is 0 Å². The third kappa shape index (κ3) is 3.69. The van der Waals surface area contributed by atoms with E-state index in [0.717, 1.165) is 10.0 Å². The predicted molar refractivity (Wildman–Crippen MR) is 46.5 cm³/mol. The van der Waals surface area contributed by atoms with E-state index in [9.17, 15) is 0 Å². The molecule has 0 fully saturated rings. The molecule has 0 atom stereocenters. The molecule has 0 amide bonds. The molecule has 0 aliphatic heterocycles. The van der Waals surface area contributed by atoms with Crippen molar-refractivity contribution in [2.24, 2.45) is 0 Å². The third-order valence-corrected chi connectivity index (χ3v) is 1.31. The average molecular weight is 181 g/mol. The number of rotatable bonds is 0. The quantitative estimate of drug-likeness (QED) is 0.644. The van der Waals surface area contributed by atoms with E-state index in [2.05, 4.69) is 0 Å². The average Bonchev–Trinajstić information content (AvgIpc) is 1.77. The maximum atomic E-state index is 5.55. The van der Waals surface area contributed by atoms with Gasteiger partial charge < -0.3 is 12.3 Å². The van der Waals surface area contributed by atoms with Crippen LogP contribution in [0.1, 0.15) is 0 Å².